The van der Waals surface area contributed by atoms with Gasteiger partial charge in [0.2, 0.25) is 0 Å². The summed E-state index contributed by atoms with van der Waals surface area (Å²) in [4.78, 5) is 8.94. The van der Waals surface area contributed by atoms with Gasteiger partial charge in [0, 0.05) is 18.4 Å². The molecule has 0 saturated heterocycles. The van der Waals surface area contributed by atoms with Crippen LogP contribution in [-0.2, 0) is 6.54 Å². The van der Waals surface area contributed by atoms with Crippen LogP contribution < -0.4 is 5.32 Å². The number of pyridine rings is 1. The van der Waals surface area contributed by atoms with E-state index in [1.54, 1.807) is 11.3 Å². The molecule has 0 atom stereocenters. The molecule has 3 nitrogen and oxygen atoms in total. The minimum Gasteiger partial charge on any atom is -0.357 e. The Morgan fingerprint density at radius 3 is 2.62 bits per heavy atom. The first kappa shape index (κ1) is 14.8. The third-order valence-electron chi connectivity index (χ3n) is 3.90. The van der Waals surface area contributed by atoms with Gasteiger partial charge in [-0.15, -0.1) is 0 Å². The smallest absolute Gasteiger partial charge is 0.184 e. The quantitative estimate of drug-likeness (QED) is 0.553. The molecule has 1 N–H and O–H groups in total. The van der Waals surface area contributed by atoms with E-state index in [-0.39, 0.29) is 0 Å². The first-order chi connectivity index (χ1) is 11.8. The van der Waals surface area contributed by atoms with Gasteiger partial charge in [0.1, 0.15) is 0 Å². The molecule has 2 heterocycles. The number of hydrogen-bond donors (Lipinski definition) is 1. The summed E-state index contributed by atoms with van der Waals surface area (Å²) in [6.45, 7) is 2.80. The zero-order valence-electron chi connectivity index (χ0n) is 13.4. The minimum absolute atomic E-state index is 0.789. The zero-order chi connectivity index (χ0) is 16.4. The van der Waals surface area contributed by atoms with Crippen molar-refractivity contribution in [3.63, 3.8) is 0 Å². The van der Waals surface area contributed by atoms with Gasteiger partial charge < -0.3 is 5.32 Å². The van der Waals surface area contributed by atoms with Crippen LogP contribution >= 0.6 is 11.3 Å². The molecular formula is C20H17N3S. The minimum atomic E-state index is 0.789. The van der Waals surface area contributed by atoms with E-state index in [4.69, 9.17) is 0 Å². The van der Waals surface area contributed by atoms with E-state index in [1.807, 2.05) is 25.3 Å². The van der Waals surface area contributed by atoms with Gasteiger partial charge in [-0.2, -0.15) is 0 Å². The molecule has 0 spiro atoms. The first-order valence-electron chi connectivity index (χ1n) is 7.89. The lowest BCUT2D eigenvalue weighted by atomic mass is 10.1. The van der Waals surface area contributed by atoms with Crippen LogP contribution in [0, 0.1) is 6.92 Å². The first-order valence-corrected chi connectivity index (χ1v) is 8.71. The van der Waals surface area contributed by atoms with Gasteiger partial charge in [0.05, 0.1) is 10.2 Å². The molecule has 0 bridgehead atoms. The maximum absolute atomic E-state index is 4.68. The molecule has 0 aliphatic rings. The van der Waals surface area contributed by atoms with E-state index in [0.29, 0.717) is 0 Å². The molecule has 118 valence electrons. The van der Waals surface area contributed by atoms with Crippen molar-refractivity contribution in [3.05, 3.63) is 78.1 Å². The summed E-state index contributed by atoms with van der Waals surface area (Å²) in [7, 11) is 0. The van der Waals surface area contributed by atoms with Crippen molar-refractivity contribution >= 4 is 26.7 Å². The van der Waals surface area contributed by atoms with Crippen molar-refractivity contribution < 1.29 is 0 Å². The van der Waals surface area contributed by atoms with E-state index >= 15 is 0 Å². The number of fused-ring (bicyclic) bond motifs is 1. The van der Waals surface area contributed by atoms with Crippen molar-refractivity contribution in [1.82, 2.24) is 9.97 Å². The molecule has 0 amide bonds. The van der Waals surface area contributed by atoms with Gasteiger partial charge in [-0.25, -0.2) is 4.98 Å². The molecule has 0 radical (unpaired) electrons. The normalized spacial score (nSPS) is 10.9. The van der Waals surface area contributed by atoms with E-state index in [2.05, 4.69) is 63.8 Å². The third kappa shape index (κ3) is 3.14. The number of rotatable bonds is 4. The maximum atomic E-state index is 4.68. The van der Waals surface area contributed by atoms with Crippen molar-refractivity contribution in [3.8, 4) is 11.1 Å². The Morgan fingerprint density at radius 2 is 1.79 bits per heavy atom. The van der Waals surface area contributed by atoms with Crippen LogP contribution in [0.5, 0.6) is 0 Å². The molecule has 4 aromatic rings. The van der Waals surface area contributed by atoms with E-state index in [1.165, 1.54) is 21.4 Å². The summed E-state index contributed by atoms with van der Waals surface area (Å²) in [5.41, 5.74) is 5.71. The lowest BCUT2D eigenvalue weighted by molar-refractivity contribution is 1.14. The SMILES string of the molecule is Cc1cc(-c2ccc3nc(NCc4ccccc4)sc3c2)ccn1. The summed E-state index contributed by atoms with van der Waals surface area (Å²) in [6, 6.07) is 20.9. The highest BCUT2D eigenvalue weighted by Crippen LogP contribution is 2.30. The van der Waals surface area contributed by atoms with E-state index in [9.17, 15) is 0 Å². The Labute approximate surface area is 145 Å². The topological polar surface area (TPSA) is 37.8 Å². The summed E-state index contributed by atoms with van der Waals surface area (Å²) in [5, 5.41) is 4.37. The molecule has 24 heavy (non-hydrogen) atoms. The Bertz CT molecular complexity index is 977. The Balaban J connectivity index is 1.59. The molecule has 4 rings (SSSR count). The molecule has 4 heteroatoms. The van der Waals surface area contributed by atoms with Crippen LogP contribution in [0.4, 0.5) is 5.13 Å². The van der Waals surface area contributed by atoms with Gasteiger partial charge in [0.15, 0.2) is 5.13 Å². The summed E-state index contributed by atoms with van der Waals surface area (Å²) >= 11 is 1.69. The van der Waals surface area contributed by atoms with Crippen LogP contribution in [0.1, 0.15) is 11.3 Å². The standard InChI is InChI=1S/C20H17N3S/c1-14-11-17(9-10-21-14)16-7-8-18-19(12-16)24-20(23-18)22-13-15-5-3-2-4-6-15/h2-12H,13H2,1H3,(H,22,23). The highest BCUT2D eigenvalue weighted by Gasteiger charge is 2.06. The second-order valence-electron chi connectivity index (χ2n) is 5.73. The lowest BCUT2D eigenvalue weighted by Gasteiger charge is -2.02. The van der Waals surface area contributed by atoms with E-state index < -0.39 is 0 Å². The number of aryl methyl sites for hydroxylation is 1. The highest BCUT2D eigenvalue weighted by atomic mass is 32.1. The third-order valence-corrected chi connectivity index (χ3v) is 4.88. The molecule has 0 unspecified atom stereocenters. The molecule has 0 aliphatic heterocycles. The number of anilines is 1. The second-order valence-corrected chi connectivity index (χ2v) is 6.76. The fourth-order valence-corrected chi connectivity index (χ4v) is 3.58. The van der Waals surface area contributed by atoms with Crippen LogP contribution in [0.25, 0.3) is 21.3 Å². The van der Waals surface area contributed by atoms with E-state index in [0.717, 1.165) is 22.9 Å². The summed E-state index contributed by atoms with van der Waals surface area (Å²) in [5.74, 6) is 0. The van der Waals surface area contributed by atoms with Gasteiger partial charge in [-0.05, 0) is 47.9 Å². The van der Waals surface area contributed by atoms with Gasteiger partial charge >= 0.3 is 0 Å². The number of nitrogens with zero attached hydrogens (tertiary/aromatic N) is 2. The average Bonchev–Trinajstić information content (AvgIpc) is 3.03. The predicted molar refractivity (Wildman–Crippen MR) is 101 cm³/mol. The average molecular weight is 331 g/mol. The Morgan fingerprint density at radius 1 is 0.958 bits per heavy atom. The van der Waals surface area contributed by atoms with Crippen molar-refractivity contribution in [2.75, 3.05) is 5.32 Å². The number of thiazole rings is 1. The maximum Gasteiger partial charge on any atom is 0.184 e. The largest absolute Gasteiger partial charge is 0.357 e. The van der Waals surface area contributed by atoms with Crippen LogP contribution in [0.2, 0.25) is 0 Å². The number of nitrogens with one attached hydrogen (secondary N) is 1. The number of benzene rings is 2. The van der Waals surface area contributed by atoms with Gasteiger partial charge in [-0.3, -0.25) is 4.98 Å². The van der Waals surface area contributed by atoms with Crippen LogP contribution in [-0.4, -0.2) is 9.97 Å². The summed E-state index contributed by atoms with van der Waals surface area (Å²) < 4.78 is 1.19. The predicted octanol–water partition coefficient (Wildman–Crippen LogP) is 5.28. The fourth-order valence-electron chi connectivity index (χ4n) is 2.68. The Kier molecular flexibility index (Phi) is 3.97. The van der Waals surface area contributed by atoms with Crippen molar-refractivity contribution in [2.45, 2.75) is 13.5 Å². The second kappa shape index (κ2) is 6.42. The molecule has 0 fully saturated rings. The van der Waals surface area contributed by atoms with Gasteiger partial charge in [0.25, 0.3) is 0 Å². The van der Waals surface area contributed by atoms with Crippen LogP contribution in [0.3, 0.4) is 0 Å². The molecule has 2 aromatic heterocycles. The molecule has 0 saturated carbocycles. The monoisotopic (exact) mass is 331 g/mol. The molecular weight excluding hydrogens is 314 g/mol. The van der Waals surface area contributed by atoms with Crippen molar-refractivity contribution in [2.24, 2.45) is 0 Å². The number of aromatic nitrogens is 2. The lowest BCUT2D eigenvalue weighted by Crippen LogP contribution is -1.97. The Hall–Kier alpha value is -2.72. The molecule has 0 aliphatic carbocycles. The van der Waals surface area contributed by atoms with Gasteiger partial charge in [-0.1, -0.05) is 47.7 Å². The fraction of sp³-hybridized carbons (Fsp3) is 0.100. The van der Waals surface area contributed by atoms with Crippen LogP contribution in [0.15, 0.2) is 66.9 Å². The summed E-state index contributed by atoms with van der Waals surface area (Å²) in [6.07, 6.45) is 1.86. The van der Waals surface area contributed by atoms with Crippen molar-refractivity contribution in [1.29, 1.82) is 0 Å². The molecule has 2 aromatic carbocycles. The number of hydrogen-bond acceptors (Lipinski definition) is 4. The highest BCUT2D eigenvalue weighted by molar-refractivity contribution is 7.22. The zero-order valence-corrected chi connectivity index (χ0v) is 14.2.